The Morgan fingerprint density at radius 2 is 1.73 bits per heavy atom. The number of piperazine rings is 1. The summed E-state index contributed by atoms with van der Waals surface area (Å²) in [5, 5.41) is 1.55. The van der Waals surface area contributed by atoms with E-state index in [2.05, 4.69) is 0 Å². The standard InChI is InChI=1S/C15H21F2N3O2/c1-15(2,3)14(21)22-20-6-4-19(5-7-20)13-9-10(16)12(18)8-11(13)17/h8-9H,4-7,18H2,1-3H3. The van der Waals surface area contributed by atoms with E-state index in [-0.39, 0.29) is 17.3 Å². The molecule has 5 nitrogen and oxygen atoms in total. The van der Waals surface area contributed by atoms with Crippen molar-refractivity contribution in [3.05, 3.63) is 23.8 Å². The Hall–Kier alpha value is -1.89. The first-order valence-electron chi connectivity index (χ1n) is 7.15. The topological polar surface area (TPSA) is 58.8 Å². The van der Waals surface area contributed by atoms with Gasteiger partial charge in [0.25, 0.3) is 0 Å². The molecule has 0 aliphatic carbocycles. The number of benzene rings is 1. The molecular formula is C15H21F2N3O2. The summed E-state index contributed by atoms with van der Waals surface area (Å²) in [6, 6.07) is 2.08. The molecule has 22 heavy (non-hydrogen) atoms. The van der Waals surface area contributed by atoms with Crippen molar-refractivity contribution in [3.63, 3.8) is 0 Å². The zero-order valence-electron chi connectivity index (χ0n) is 13.0. The van der Waals surface area contributed by atoms with Crippen LogP contribution in [0.15, 0.2) is 12.1 Å². The van der Waals surface area contributed by atoms with Crippen LogP contribution in [0.5, 0.6) is 0 Å². The first-order chi connectivity index (χ1) is 10.2. The molecule has 1 fully saturated rings. The predicted octanol–water partition coefficient (Wildman–Crippen LogP) is 2.17. The minimum absolute atomic E-state index is 0.175. The number of rotatable bonds is 2. The van der Waals surface area contributed by atoms with Crippen molar-refractivity contribution in [1.82, 2.24) is 5.06 Å². The van der Waals surface area contributed by atoms with Crippen LogP contribution in [-0.4, -0.2) is 37.2 Å². The summed E-state index contributed by atoms with van der Waals surface area (Å²) in [7, 11) is 0. The van der Waals surface area contributed by atoms with E-state index in [1.165, 1.54) is 0 Å². The molecule has 0 aromatic heterocycles. The molecule has 2 rings (SSSR count). The van der Waals surface area contributed by atoms with Gasteiger partial charge in [-0.3, -0.25) is 0 Å². The van der Waals surface area contributed by atoms with Crippen molar-refractivity contribution in [2.75, 3.05) is 36.8 Å². The lowest BCUT2D eigenvalue weighted by Crippen LogP contribution is -2.48. The number of nitrogen functional groups attached to an aromatic ring is 1. The van der Waals surface area contributed by atoms with Gasteiger partial charge in [0.15, 0.2) is 0 Å². The Morgan fingerprint density at radius 3 is 2.27 bits per heavy atom. The number of carbonyl (C=O) groups is 1. The summed E-state index contributed by atoms with van der Waals surface area (Å²) in [5.41, 5.74) is 4.72. The SMILES string of the molecule is CC(C)(C)C(=O)ON1CCN(c2cc(F)c(N)cc2F)CC1. The third kappa shape index (κ3) is 3.65. The molecule has 1 aliphatic heterocycles. The zero-order valence-corrected chi connectivity index (χ0v) is 13.0. The van der Waals surface area contributed by atoms with E-state index in [9.17, 15) is 13.6 Å². The summed E-state index contributed by atoms with van der Waals surface area (Å²) < 4.78 is 27.4. The summed E-state index contributed by atoms with van der Waals surface area (Å²) in [4.78, 5) is 18.8. The van der Waals surface area contributed by atoms with Crippen molar-refractivity contribution in [2.45, 2.75) is 20.8 Å². The highest BCUT2D eigenvalue weighted by Crippen LogP contribution is 2.26. The third-order valence-electron chi connectivity index (χ3n) is 3.47. The number of anilines is 2. The minimum Gasteiger partial charge on any atom is -0.396 e. The highest BCUT2D eigenvalue weighted by molar-refractivity contribution is 5.75. The lowest BCUT2D eigenvalue weighted by atomic mass is 9.98. The molecule has 1 aromatic carbocycles. The Morgan fingerprint density at radius 1 is 1.14 bits per heavy atom. The molecule has 122 valence electrons. The Balaban J connectivity index is 1.98. The van der Waals surface area contributed by atoms with Crippen LogP contribution in [0, 0.1) is 17.0 Å². The molecule has 0 unspecified atom stereocenters. The van der Waals surface area contributed by atoms with Crippen LogP contribution >= 0.6 is 0 Å². The average Bonchev–Trinajstić information content (AvgIpc) is 2.43. The molecule has 1 saturated heterocycles. The molecule has 1 aromatic rings. The number of halogens is 2. The first-order valence-corrected chi connectivity index (χ1v) is 7.15. The van der Waals surface area contributed by atoms with Gasteiger partial charge in [0, 0.05) is 25.2 Å². The van der Waals surface area contributed by atoms with Crippen LogP contribution in [0.4, 0.5) is 20.2 Å². The molecule has 0 bridgehead atoms. The zero-order chi connectivity index (χ0) is 16.5. The highest BCUT2D eigenvalue weighted by atomic mass is 19.1. The number of nitrogens with two attached hydrogens (primary N) is 1. The maximum atomic E-state index is 13.9. The number of hydrogen-bond donors (Lipinski definition) is 1. The van der Waals surface area contributed by atoms with Gasteiger partial charge in [-0.2, -0.15) is 0 Å². The maximum absolute atomic E-state index is 13.9. The number of nitrogens with zero attached hydrogens (tertiary/aromatic N) is 2. The van der Waals surface area contributed by atoms with Crippen molar-refractivity contribution in [3.8, 4) is 0 Å². The molecule has 0 radical (unpaired) electrons. The van der Waals surface area contributed by atoms with Crippen LogP contribution < -0.4 is 10.6 Å². The van der Waals surface area contributed by atoms with Crippen LogP contribution in [0.2, 0.25) is 0 Å². The highest BCUT2D eigenvalue weighted by Gasteiger charge is 2.28. The summed E-state index contributed by atoms with van der Waals surface area (Å²) in [6.45, 7) is 7.03. The second-order valence-corrected chi connectivity index (χ2v) is 6.37. The predicted molar refractivity (Wildman–Crippen MR) is 80.1 cm³/mol. The molecular weight excluding hydrogens is 292 g/mol. The van der Waals surface area contributed by atoms with E-state index in [0.717, 1.165) is 12.1 Å². The molecule has 7 heteroatoms. The van der Waals surface area contributed by atoms with Gasteiger partial charge in [-0.05, 0) is 20.8 Å². The van der Waals surface area contributed by atoms with E-state index >= 15 is 0 Å². The second kappa shape index (κ2) is 6.08. The quantitative estimate of drug-likeness (QED) is 0.848. The van der Waals surface area contributed by atoms with Crippen molar-refractivity contribution in [2.24, 2.45) is 5.41 Å². The summed E-state index contributed by atoms with van der Waals surface area (Å²) in [5.74, 6) is -1.51. The van der Waals surface area contributed by atoms with Crippen LogP contribution in [0.3, 0.4) is 0 Å². The molecule has 0 saturated carbocycles. The molecule has 2 N–H and O–H groups in total. The smallest absolute Gasteiger partial charge is 0.330 e. The normalized spacial score (nSPS) is 16.7. The van der Waals surface area contributed by atoms with E-state index in [4.69, 9.17) is 10.6 Å². The average molecular weight is 313 g/mol. The summed E-state index contributed by atoms with van der Waals surface area (Å²) >= 11 is 0. The molecule has 1 heterocycles. The van der Waals surface area contributed by atoms with Gasteiger partial charge in [-0.1, -0.05) is 0 Å². The second-order valence-electron chi connectivity index (χ2n) is 6.37. The fourth-order valence-electron chi connectivity index (χ4n) is 2.07. The maximum Gasteiger partial charge on any atom is 0.330 e. The van der Waals surface area contributed by atoms with Gasteiger partial charge in [-0.25, -0.2) is 13.6 Å². The van der Waals surface area contributed by atoms with Gasteiger partial charge in [0.05, 0.1) is 29.9 Å². The fourth-order valence-corrected chi connectivity index (χ4v) is 2.07. The summed E-state index contributed by atoms with van der Waals surface area (Å²) in [6.07, 6.45) is 0. The number of hydroxylamine groups is 2. The molecule has 0 atom stereocenters. The lowest BCUT2D eigenvalue weighted by molar-refractivity contribution is -0.201. The monoisotopic (exact) mass is 313 g/mol. The van der Waals surface area contributed by atoms with E-state index < -0.39 is 17.0 Å². The molecule has 0 amide bonds. The minimum atomic E-state index is -0.641. The largest absolute Gasteiger partial charge is 0.396 e. The van der Waals surface area contributed by atoms with Gasteiger partial charge < -0.3 is 15.5 Å². The van der Waals surface area contributed by atoms with Gasteiger partial charge >= 0.3 is 5.97 Å². The molecule has 1 aliphatic rings. The third-order valence-corrected chi connectivity index (χ3v) is 3.47. The number of hydrogen-bond acceptors (Lipinski definition) is 5. The van der Waals surface area contributed by atoms with Crippen LogP contribution in [-0.2, 0) is 9.63 Å². The van der Waals surface area contributed by atoms with E-state index in [1.807, 2.05) is 0 Å². The van der Waals surface area contributed by atoms with E-state index in [1.54, 1.807) is 30.7 Å². The lowest BCUT2D eigenvalue weighted by Gasteiger charge is -2.35. The Labute approximate surface area is 128 Å². The fraction of sp³-hybridized carbons (Fsp3) is 0.533. The Kier molecular flexibility index (Phi) is 4.55. The van der Waals surface area contributed by atoms with Crippen molar-refractivity contribution < 1.29 is 18.4 Å². The van der Waals surface area contributed by atoms with Gasteiger partial charge in [-0.15, -0.1) is 5.06 Å². The van der Waals surface area contributed by atoms with Crippen molar-refractivity contribution in [1.29, 1.82) is 0 Å². The van der Waals surface area contributed by atoms with Gasteiger partial charge in [0.1, 0.15) is 11.6 Å². The van der Waals surface area contributed by atoms with Crippen LogP contribution in [0.25, 0.3) is 0 Å². The Bertz CT molecular complexity index is 565. The first kappa shape index (κ1) is 16.5. The van der Waals surface area contributed by atoms with Crippen molar-refractivity contribution >= 4 is 17.3 Å². The van der Waals surface area contributed by atoms with Crippen LogP contribution in [0.1, 0.15) is 20.8 Å². The van der Waals surface area contributed by atoms with Gasteiger partial charge in [0.2, 0.25) is 0 Å². The number of carbonyl (C=O) groups excluding carboxylic acids is 1. The molecule has 0 spiro atoms. The van der Waals surface area contributed by atoms with E-state index in [0.29, 0.717) is 26.2 Å².